The van der Waals surface area contributed by atoms with Gasteiger partial charge in [0.25, 0.3) is 0 Å². The van der Waals surface area contributed by atoms with Crippen molar-refractivity contribution in [2.45, 2.75) is 39.0 Å². The van der Waals surface area contributed by atoms with Crippen LogP contribution >= 0.6 is 7.60 Å². The van der Waals surface area contributed by atoms with Crippen molar-refractivity contribution in [1.82, 2.24) is 0 Å². The van der Waals surface area contributed by atoms with Crippen molar-refractivity contribution in [3.05, 3.63) is 22.6 Å². The van der Waals surface area contributed by atoms with E-state index in [1.165, 1.54) is 21.3 Å². The molecule has 0 amide bonds. The number of aliphatic hydroxyl groups excluding tert-OH is 1. The van der Waals surface area contributed by atoms with Gasteiger partial charge in [0.05, 0.1) is 13.7 Å². The predicted octanol–water partition coefficient (Wildman–Crippen LogP) is 2.84. The van der Waals surface area contributed by atoms with Crippen molar-refractivity contribution < 1.29 is 32.7 Å². The van der Waals surface area contributed by atoms with E-state index in [-0.39, 0.29) is 17.5 Å². The van der Waals surface area contributed by atoms with Gasteiger partial charge in [0.2, 0.25) is 0 Å². The van der Waals surface area contributed by atoms with Crippen molar-refractivity contribution >= 4 is 13.6 Å². The molecule has 0 bridgehead atoms. The van der Waals surface area contributed by atoms with Gasteiger partial charge in [0.1, 0.15) is 23.2 Å². The highest BCUT2D eigenvalue weighted by Gasteiger charge is 2.35. The first kappa shape index (κ1) is 18.9. The SMILES string of the molecule is COC(=O)c1c(CP(=O)(OC)OC)oc(C(C)(C)C)c1CO. The highest BCUT2D eigenvalue weighted by Crippen LogP contribution is 2.51. The number of aliphatic hydroxyl groups is 1. The maximum atomic E-state index is 12.3. The Bertz CT molecular complexity index is 575. The number of hydrogen-bond donors (Lipinski definition) is 1. The van der Waals surface area contributed by atoms with Gasteiger partial charge < -0.3 is 23.3 Å². The second kappa shape index (κ2) is 6.96. The summed E-state index contributed by atoms with van der Waals surface area (Å²) in [6, 6.07) is 0. The van der Waals surface area contributed by atoms with Gasteiger partial charge in [0, 0.05) is 25.2 Å². The molecule has 1 N–H and O–H groups in total. The minimum atomic E-state index is -3.43. The lowest BCUT2D eigenvalue weighted by molar-refractivity contribution is 0.0595. The molecule has 22 heavy (non-hydrogen) atoms. The maximum absolute atomic E-state index is 12.3. The Labute approximate surface area is 130 Å². The van der Waals surface area contributed by atoms with E-state index in [0.717, 1.165) is 0 Å². The molecule has 0 aliphatic carbocycles. The molecule has 0 spiro atoms. The molecule has 0 fully saturated rings. The Balaban J connectivity index is 3.53. The smallest absolute Gasteiger partial charge is 0.341 e. The summed E-state index contributed by atoms with van der Waals surface area (Å²) in [5.41, 5.74) is -0.0548. The molecule has 0 saturated heterocycles. The Morgan fingerprint density at radius 3 is 2.14 bits per heavy atom. The quantitative estimate of drug-likeness (QED) is 0.631. The fraction of sp³-hybridized carbons (Fsp3) is 0.643. The van der Waals surface area contributed by atoms with E-state index in [1.807, 2.05) is 20.8 Å². The molecule has 0 aliphatic heterocycles. The number of hydrogen-bond acceptors (Lipinski definition) is 7. The van der Waals surface area contributed by atoms with Crippen LogP contribution in [0.25, 0.3) is 0 Å². The summed E-state index contributed by atoms with van der Waals surface area (Å²) in [6.45, 7) is 5.23. The van der Waals surface area contributed by atoms with Crippen LogP contribution in [0.4, 0.5) is 0 Å². The van der Waals surface area contributed by atoms with E-state index in [2.05, 4.69) is 0 Å². The number of rotatable bonds is 6. The van der Waals surface area contributed by atoms with Crippen LogP contribution in [0.2, 0.25) is 0 Å². The van der Waals surface area contributed by atoms with Gasteiger partial charge in [-0.2, -0.15) is 0 Å². The van der Waals surface area contributed by atoms with Crippen molar-refractivity contribution in [1.29, 1.82) is 0 Å². The summed E-state index contributed by atoms with van der Waals surface area (Å²) in [6.07, 6.45) is -0.229. The first-order valence-corrected chi connectivity index (χ1v) is 8.41. The lowest BCUT2D eigenvalue weighted by atomic mass is 9.89. The topological polar surface area (TPSA) is 95.2 Å². The van der Waals surface area contributed by atoms with Crippen molar-refractivity contribution in [2.75, 3.05) is 21.3 Å². The van der Waals surface area contributed by atoms with Crippen LogP contribution in [0.15, 0.2) is 4.42 Å². The number of ether oxygens (including phenoxy) is 1. The van der Waals surface area contributed by atoms with Crippen LogP contribution in [0.1, 0.15) is 48.2 Å². The van der Waals surface area contributed by atoms with E-state index in [9.17, 15) is 14.5 Å². The van der Waals surface area contributed by atoms with Crippen LogP contribution in [0.5, 0.6) is 0 Å². The number of furan rings is 1. The lowest BCUT2D eigenvalue weighted by Gasteiger charge is -2.17. The standard InChI is InChI=1S/C14H23O7P/c1-14(2,3)12-9(7-15)11(13(16)18-4)10(21-12)8-22(17,19-5)20-6/h15H,7-8H2,1-6H3. The van der Waals surface area contributed by atoms with Gasteiger partial charge in [0.15, 0.2) is 0 Å². The summed E-state index contributed by atoms with van der Waals surface area (Å²) >= 11 is 0. The van der Waals surface area contributed by atoms with Gasteiger partial charge in [-0.1, -0.05) is 20.8 Å². The average molecular weight is 334 g/mol. The van der Waals surface area contributed by atoms with Gasteiger partial charge in [-0.15, -0.1) is 0 Å². The number of carbonyl (C=O) groups excluding carboxylic acids is 1. The molecule has 0 aliphatic rings. The molecule has 1 aromatic rings. The molecule has 0 unspecified atom stereocenters. The second-order valence-corrected chi connectivity index (χ2v) is 8.01. The highest BCUT2D eigenvalue weighted by molar-refractivity contribution is 7.52. The Hall–Kier alpha value is -1.14. The molecule has 1 aromatic heterocycles. The molecule has 1 rings (SSSR count). The largest absolute Gasteiger partial charge is 0.465 e. The van der Waals surface area contributed by atoms with E-state index in [4.69, 9.17) is 18.2 Å². The second-order valence-electron chi connectivity index (χ2n) is 5.74. The summed E-state index contributed by atoms with van der Waals surface area (Å²) in [4.78, 5) is 12.1. The number of carbonyl (C=O) groups is 1. The summed E-state index contributed by atoms with van der Waals surface area (Å²) < 4.78 is 32.6. The van der Waals surface area contributed by atoms with Crippen LogP contribution < -0.4 is 0 Å². The van der Waals surface area contributed by atoms with Gasteiger partial charge in [-0.05, 0) is 0 Å². The molecule has 1 heterocycles. The zero-order valence-electron chi connectivity index (χ0n) is 13.8. The lowest BCUT2D eigenvalue weighted by Crippen LogP contribution is -2.14. The summed E-state index contributed by atoms with van der Waals surface area (Å²) in [5.74, 6) is -0.117. The van der Waals surface area contributed by atoms with Crippen LogP contribution in [0.3, 0.4) is 0 Å². The number of methoxy groups -OCH3 is 1. The van der Waals surface area contributed by atoms with Crippen LogP contribution in [-0.4, -0.2) is 32.4 Å². The van der Waals surface area contributed by atoms with Gasteiger partial charge in [-0.3, -0.25) is 4.57 Å². The van der Waals surface area contributed by atoms with Crippen molar-refractivity contribution in [2.24, 2.45) is 0 Å². The monoisotopic (exact) mass is 334 g/mol. The predicted molar refractivity (Wildman–Crippen MR) is 80.0 cm³/mol. The van der Waals surface area contributed by atoms with E-state index < -0.39 is 25.6 Å². The molecule has 0 saturated carbocycles. The summed E-state index contributed by atoms with van der Waals surface area (Å²) in [7, 11) is 0.298. The van der Waals surface area contributed by atoms with E-state index >= 15 is 0 Å². The Morgan fingerprint density at radius 1 is 1.23 bits per heavy atom. The molecule has 8 heteroatoms. The Kier molecular flexibility index (Phi) is 5.98. The van der Waals surface area contributed by atoms with Crippen molar-refractivity contribution in [3.8, 4) is 0 Å². The fourth-order valence-corrected chi connectivity index (χ4v) is 3.09. The third-order valence-electron chi connectivity index (χ3n) is 3.20. The van der Waals surface area contributed by atoms with E-state index in [0.29, 0.717) is 11.3 Å². The van der Waals surface area contributed by atoms with Crippen LogP contribution in [-0.2, 0) is 36.5 Å². The van der Waals surface area contributed by atoms with Crippen molar-refractivity contribution in [3.63, 3.8) is 0 Å². The molecule has 0 radical (unpaired) electrons. The highest BCUT2D eigenvalue weighted by atomic mass is 31.2. The summed E-state index contributed by atoms with van der Waals surface area (Å²) in [5, 5.41) is 9.63. The number of esters is 1. The molecule has 0 atom stereocenters. The molecule has 7 nitrogen and oxygen atoms in total. The minimum Gasteiger partial charge on any atom is -0.465 e. The van der Waals surface area contributed by atoms with Gasteiger partial charge >= 0.3 is 13.6 Å². The average Bonchev–Trinajstić information content (AvgIpc) is 2.84. The molecule has 0 aromatic carbocycles. The fourth-order valence-electron chi connectivity index (χ4n) is 2.10. The van der Waals surface area contributed by atoms with Gasteiger partial charge in [-0.25, -0.2) is 4.79 Å². The minimum absolute atomic E-state index is 0.0734. The maximum Gasteiger partial charge on any atom is 0.341 e. The molecular weight excluding hydrogens is 311 g/mol. The first-order valence-electron chi connectivity index (χ1n) is 6.68. The zero-order valence-corrected chi connectivity index (χ0v) is 14.7. The zero-order chi connectivity index (χ0) is 17.1. The molecule has 126 valence electrons. The Morgan fingerprint density at radius 2 is 1.77 bits per heavy atom. The van der Waals surface area contributed by atoms with Crippen LogP contribution in [0, 0.1) is 0 Å². The first-order chi connectivity index (χ1) is 10.1. The third-order valence-corrected chi connectivity index (χ3v) is 4.99. The third kappa shape index (κ3) is 3.79. The van der Waals surface area contributed by atoms with E-state index in [1.54, 1.807) is 0 Å². The molecular formula is C14H23O7P. The normalized spacial score (nSPS) is 12.5.